The highest BCUT2D eigenvalue weighted by atomic mass is 19.1. The van der Waals surface area contributed by atoms with Gasteiger partial charge in [0.05, 0.1) is 13.2 Å². The molecule has 2 aliphatic heterocycles. The third-order valence-corrected chi connectivity index (χ3v) is 5.26. The van der Waals surface area contributed by atoms with Gasteiger partial charge in [-0.25, -0.2) is 9.37 Å². The molecule has 23 heavy (non-hydrogen) atoms. The van der Waals surface area contributed by atoms with E-state index in [1.165, 1.54) is 6.07 Å². The molecule has 1 aromatic heterocycles. The summed E-state index contributed by atoms with van der Waals surface area (Å²) in [4.78, 5) is 6.22. The summed E-state index contributed by atoms with van der Waals surface area (Å²) < 4.78 is 25.4. The smallest absolute Gasteiger partial charge is 0.168 e. The number of hydrogen-bond donors (Lipinski definition) is 1. The van der Waals surface area contributed by atoms with E-state index in [9.17, 15) is 4.39 Å². The lowest BCUT2D eigenvalue weighted by Crippen LogP contribution is -2.46. The molecule has 3 aliphatic rings. The monoisotopic (exact) mass is 321 g/mol. The fourth-order valence-corrected chi connectivity index (χ4v) is 4.04. The molecule has 3 heterocycles. The Balaban J connectivity index is 1.29. The molecule has 0 aromatic carbocycles. The molecule has 5 nitrogen and oxygen atoms in total. The van der Waals surface area contributed by atoms with Crippen LogP contribution in [0.2, 0.25) is 0 Å². The summed E-state index contributed by atoms with van der Waals surface area (Å²) in [6.07, 6.45) is 6.78. The number of rotatable bonds is 3. The van der Waals surface area contributed by atoms with Gasteiger partial charge in [-0.2, -0.15) is 0 Å². The zero-order chi connectivity index (χ0) is 15.7. The topological polar surface area (TPSA) is 46.6 Å². The van der Waals surface area contributed by atoms with E-state index >= 15 is 0 Å². The lowest BCUT2D eigenvalue weighted by molar-refractivity contribution is -0.179. The van der Waals surface area contributed by atoms with Crippen LogP contribution in [0.5, 0.6) is 0 Å². The van der Waals surface area contributed by atoms with Crippen LogP contribution < -0.4 is 10.2 Å². The van der Waals surface area contributed by atoms with Gasteiger partial charge in [-0.05, 0) is 31.4 Å². The summed E-state index contributed by atoms with van der Waals surface area (Å²) in [5, 5.41) is 3.74. The van der Waals surface area contributed by atoms with E-state index in [-0.39, 0.29) is 11.6 Å². The van der Waals surface area contributed by atoms with Crippen molar-refractivity contribution in [3.63, 3.8) is 0 Å². The molecule has 1 aliphatic carbocycles. The standard InChI is InChI=1S/C17H24FN3O2/c18-15-2-1-8-19-16(15)21-9-5-14(12-21)20-13-3-6-17(7-4-13)22-10-11-23-17/h1-2,8,13-14,20H,3-7,9-12H2/t14-/m0/s1. The van der Waals surface area contributed by atoms with Crippen molar-refractivity contribution in [2.24, 2.45) is 0 Å². The molecule has 3 fully saturated rings. The number of pyridine rings is 1. The zero-order valence-electron chi connectivity index (χ0n) is 13.3. The maximum Gasteiger partial charge on any atom is 0.168 e. The number of aromatic nitrogens is 1. The van der Waals surface area contributed by atoms with Crippen LogP contribution in [0.15, 0.2) is 18.3 Å². The molecule has 1 atom stereocenters. The number of nitrogens with one attached hydrogen (secondary N) is 1. The molecule has 4 rings (SSSR count). The highest BCUT2D eigenvalue weighted by molar-refractivity contribution is 5.41. The maximum atomic E-state index is 13.8. The number of hydrogen-bond acceptors (Lipinski definition) is 5. The normalized spacial score (nSPS) is 27.9. The van der Waals surface area contributed by atoms with Crippen LogP contribution in [0.25, 0.3) is 0 Å². The maximum absolute atomic E-state index is 13.8. The van der Waals surface area contributed by atoms with E-state index in [1.807, 2.05) is 4.90 Å². The fourth-order valence-electron chi connectivity index (χ4n) is 4.04. The van der Waals surface area contributed by atoms with Crippen LogP contribution in [0, 0.1) is 5.82 Å². The number of ether oxygens (including phenoxy) is 2. The molecule has 126 valence electrons. The fraction of sp³-hybridized carbons (Fsp3) is 0.706. The Morgan fingerprint density at radius 1 is 1.17 bits per heavy atom. The first kappa shape index (κ1) is 15.3. The predicted octanol–water partition coefficient (Wildman–Crippen LogP) is 2.07. The second-order valence-electron chi connectivity index (χ2n) is 6.79. The highest BCUT2D eigenvalue weighted by Gasteiger charge is 2.40. The molecular weight excluding hydrogens is 297 g/mol. The lowest BCUT2D eigenvalue weighted by Gasteiger charge is -2.36. The van der Waals surface area contributed by atoms with Gasteiger partial charge in [0.1, 0.15) is 0 Å². The third kappa shape index (κ3) is 3.20. The molecule has 1 aromatic rings. The average molecular weight is 321 g/mol. The Morgan fingerprint density at radius 2 is 1.96 bits per heavy atom. The van der Waals surface area contributed by atoms with E-state index in [4.69, 9.17) is 9.47 Å². The van der Waals surface area contributed by atoms with Crippen molar-refractivity contribution in [1.82, 2.24) is 10.3 Å². The van der Waals surface area contributed by atoms with Crippen molar-refractivity contribution in [3.8, 4) is 0 Å². The highest BCUT2D eigenvalue weighted by Crippen LogP contribution is 2.36. The minimum atomic E-state index is -0.295. The summed E-state index contributed by atoms with van der Waals surface area (Å²) in [7, 11) is 0. The molecule has 2 saturated heterocycles. The van der Waals surface area contributed by atoms with E-state index in [0.29, 0.717) is 17.9 Å². The van der Waals surface area contributed by atoms with Gasteiger partial charge in [-0.1, -0.05) is 0 Å². The van der Waals surface area contributed by atoms with Gasteiger partial charge in [-0.3, -0.25) is 0 Å². The van der Waals surface area contributed by atoms with Crippen LogP contribution in [0.3, 0.4) is 0 Å². The Hall–Kier alpha value is -1.24. The minimum Gasteiger partial charge on any atom is -0.353 e. The second kappa shape index (κ2) is 6.34. The SMILES string of the molecule is Fc1cccnc1N1CC[C@H](NC2CCC3(CC2)OCCO3)C1. The summed E-state index contributed by atoms with van der Waals surface area (Å²) in [6.45, 7) is 3.13. The van der Waals surface area contributed by atoms with Crippen molar-refractivity contribution in [2.45, 2.75) is 50.0 Å². The van der Waals surface area contributed by atoms with Crippen LogP contribution >= 0.6 is 0 Å². The minimum absolute atomic E-state index is 0.233. The van der Waals surface area contributed by atoms with Crippen molar-refractivity contribution in [2.75, 3.05) is 31.2 Å². The van der Waals surface area contributed by atoms with E-state index in [2.05, 4.69) is 10.3 Å². The van der Waals surface area contributed by atoms with E-state index in [0.717, 1.165) is 58.4 Å². The Morgan fingerprint density at radius 3 is 2.70 bits per heavy atom. The van der Waals surface area contributed by atoms with Crippen molar-refractivity contribution >= 4 is 5.82 Å². The first-order valence-corrected chi connectivity index (χ1v) is 8.64. The molecule has 0 unspecified atom stereocenters. The van der Waals surface area contributed by atoms with Crippen molar-refractivity contribution in [3.05, 3.63) is 24.1 Å². The van der Waals surface area contributed by atoms with Gasteiger partial charge >= 0.3 is 0 Å². The zero-order valence-corrected chi connectivity index (χ0v) is 13.3. The molecule has 1 N–H and O–H groups in total. The van der Waals surface area contributed by atoms with Crippen LogP contribution in [0.4, 0.5) is 10.2 Å². The molecular formula is C17H24FN3O2. The third-order valence-electron chi connectivity index (χ3n) is 5.26. The predicted molar refractivity (Wildman–Crippen MR) is 84.8 cm³/mol. The van der Waals surface area contributed by atoms with Crippen LogP contribution in [-0.2, 0) is 9.47 Å². The van der Waals surface area contributed by atoms with Crippen molar-refractivity contribution < 1.29 is 13.9 Å². The number of anilines is 1. The average Bonchev–Trinajstić information content (AvgIpc) is 3.20. The lowest BCUT2D eigenvalue weighted by atomic mass is 9.89. The number of nitrogens with zero attached hydrogens (tertiary/aromatic N) is 2. The van der Waals surface area contributed by atoms with E-state index in [1.54, 1.807) is 12.3 Å². The Labute approximate surface area is 136 Å². The van der Waals surface area contributed by atoms with Crippen LogP contribution in [0.1, 0.15) is 32.1 Å². The molecule has 0 radical (unpaired) electrons. The summed E-state index contributed by atoms with van der Waals surface area (Å²) >= 11 is 0. The second-order valence-corrected chi connectivity index (χ2v) is 6.79. The first-order chi connectivity index (χ1) is 11.2. The first-order valence-electron chi connectivity index (χ1n) is 8.64. The van der Waals surface area contributed by atoms with Gasteiger partial charge in [0.2, 0.25) is 0 Å². The van der Waals surface area contributed by atoms with Gasteiger partial charge in [0.25, 0.3) is 0 Å². The van der Waals surface area contributed by atoms with Gasteiger partial charge < -0.3 is 19.7 Å². The van der Waals surface area contributed by atoms with Crippen LogP contribution in [-0.4, -0.2) is 49.2 Å². The quantitative estimate of drug-likeness (QED) is 0.923. The molecule has 1 spiro atoms. The Kier molecular flexibility index (Phi) is 4.22. The van der Waals surface area contributed by atoms with Gasteiger partial charge in [0.15, 0.2) is 17.4 Å². The van der Waals surface area contributed by atoms with E-state index < -0.39 is 0 Å². The molecule has 6 heteroatoms. The largest absolute Gasteiger partial charge is 0.353 e. The summed E-state index contributed by atoms with van der Waals surface area (Å²) in [6, 6.07) is 4.02. The Bertz CT molecular complexity index is 540. The molecule has 0 bridgehead atoms. The molecule has 1 saturated carbocycles. The van der Waals surface area contributed by atoms with Crippen molar-refractivity contribution in [1.29, 1.82) is 0 Å². The summed E-state index contributed by atoms with van der Waals surface area (Å²) in [5.41, 5.74) is 0. The van der Waals surface area contributed by atoms with Gasteiger partial charge in [0, 0.05) is 44.2 Å². The summed E-state index contributed by atoms with van der Waals surface area (Å²) in [5.74, 6) is -0.0489. The number of halogens is 1. The van der Waals surface area contributed by atoms with Gasteiger partial charge in [-0.15, -0.1) is 0 Å². The molecule has 0 amide bonds.